The van der Waals surface area contributed by atoms with E-state index in [0.29, 0.717) is 0 Å². The molecular formula is C18H22N4O4. The summed E-state index contributed by atoms with van der Waals surface area (Å²) in [6, 6.07) is 5.71. The molecule has 0 atom stereocenters. The third-order valence-electron chi connectivity index (χ3n) is 3.82. The zero-order valence-electron chi connectivity index (χ0n) is 15.3. The van der Waals surface area contributed by atoms with E-state index in [1.165, 1.54) is 29.0 Å². The zero-order chi connectivity index (χ0) is 19.3. The second-order valence-corrected chi connectivity index (χ2v) is 6.04. The number of aryl methyl sites for hydroxylation is 3. The Morgan fingerprint density at radius 2 is 1.88 bits per heavy atom. The average molecular weight is 358 g/mol. The van der Waals surface area contributed by atoms with E-state index < -0.39 is 18.5 Å². The number of nitrogens with zero attached hydrogens (tertiary/aromatic N) is 3. The molecule has 0 fully saturated rings. The lowest BCUT2D eigenvalue weighted by atomic mass is 10.1. The first-order valence-electron chi connectivity index (χ1n) is 8.03. The average Bonchev–Trinajstić information content (AvgIpc) is 3.02. The molecule has 8 heteroatoms. The van der Waals surface area contributed by atoms with E-state index in [0.717, 1.165) is 16.8 Å². The highest BCUT2D eigenvalue weighted by atomic mass is 16.5. The van der Waals surface area contributed by atoms with Crippen LogP contribution in [0, 0.1) is 13.8 Å². The number of carbonyl (C=O) groups is 3. The van der Waals surface area contributed by atoms with Crippen molar-refractivity contribution >= 4 is 23.5 Å². The van der Waals surface area contributed by atoms with E-state index in [4.69, 9.17) is 4.74 Å². The lowest BCUT2D eigenvalue weighted by Crippen LogP contribution is -2.37. The van der Waals surface area contributed by atoms with Crippen LogP contribution < -0.4 is 5.32 Å². The minimum absolute atomic E-state index is 0.142. The molecule has 1 aromatic carbocycles. The standard InChI is InChI=1S/C18H22N4O4/c1-12-6-5-7-13(2)17(12)20-15(23)10-21(3)16(24)11-26-18(25)14-8-19-22(4)9-14/h5-9H,10-11H2,1-4H3,(H,20,23). The molecule has 0 bridgehead atoms. The van der Waals surface area contributed by atoms with Gasteiger partial charge in [-0.05, 0) is 25.0 Å². The Labute approximate surface area is 151 Å². The van der Waals surface area contributed by atoms with Crippen LogP contribution in [0.25, 0.3) is 0 Å². The number of aromatic nitrogens is 2. The minimum Gasteiger partial charge on any atom is -0.452 e. The SMILES string of the molecule is Cc1cccc(C)c1NC(=O)CN(C)C(=O)COC(=O)c1cnn(C)c1. The van der Waals surface area contributed by atoms with Gasteiger partial charge in [0.1, 0.15) is 0 Å². The monoisotopic (exact) mass is 358 g/mol. The van der Waals surface area contributed by atoms with Crippen molar-refractivity contribution in [3.63, 3.8) is 0 Å². The van der Waals surface area contributed by atoms with Gasteiger partial charge >= 0.3 is 5.97 Å². The van der Waals surface area contributed by atoms with Gasteiger partial charge in [-0.3, -0.25) is 14.3 Å². The van der Waals surface area contributed by atoms with Gasteiger partial charge in [0.05, 0.1) is 18.3 Å². The Morgan fingerprint density at radius 3 is 2.46 bits per heavy atom. The normalized spacial score (nSPS) is 10.3. The Bertz CT molecular complexity index is 808. The number of nitrogens with one attached hydrogen (secondary N) is 1. The number of carbonyl (C=O) groups excluding carboxylic acids is 3. The third kappa shape index (κ3) is 4.92. The molecule has 0 spiro atoms. The Morgan fingerprint density at radius 1 is 1.23 bits per heavy atom. The van der Waals surface area contributed by atoms with Crippen molar-refractivity contribution < 1.29 is 19.1 Å². The molecule has 1 N–H and O–H groups in total. The summed E-state index contributed by atoms with van der Waals surface area (Å²) in [6.45, 7) is 3.21. The van der Waals surface area contributed by atoms with Gasteiger partial charge in [0.25, 0.3) is 5.91 Å². The summed E-state index contributed by atoms with van der Waals surface area (Å²) in [4.78, 5) is 37.2. The van der Waals surface area contributed by atoms with Gasteiger partial charge in [-0.15, -0.1) is 0 Å². The maximum absolute atomic E-state index is 12.2. The molecule has 8 nitrogen and oxygen atoms in total. The summed E-state index contributed by atoms with van der Waals surface area (Å²) in [5, 5.41) is 6.67. The lowest BCUT2D eigenvalue weighted by Gasteiger charge is -2.18. The fourth-order valence-corrected chi connectivity index (χ4v) is 2.34. The van der Waals surface area contributed by atoms with Crippen molar-refractivity contribution in [3.8, 4) is 0 Å². The molecule has 138 valence electrons. The largest absolute Gasteiger partial charge is 0.452 e. The smallest absolute Gasteiger partial charge is 0.341 e. The minimum atomic E-state index is -0.639. The lowest BCUT2D eigenvalue weighted by molar-refractivity contribution is -0.136. The number of para-hydroxylation sites is 1. The molecule has 2 aromatic rings. The molecule has 0 aliphatic heterocycles. The summed E-state index contributed by atoms with van der Waals surface area (Å²) >= 11 is 0. The van der Waals surface area contributed by atoms with Gasteiger partial charge in [0.15, 0.2) is 6.61 Å². The summed E-state index contributed by atoms with van der Waals surface area (Å²) in [5.41, 5.74) is 2.88. The first-order chi connectivity index (χ1) is 12.3. The van der Waals surface area contributed by atoms with E-state index in [9.17, 15) is 14.4 Å². The van der Waals surface area contributed by atoms with E-state index in [1.54, 1.807) is 7.05 Å². The predicted molar refractivity (Wildman–Crippen MR) is 95.7 cm³/mol. The van der Waals surface area contributed by atoms with Crippen LogP contribution in [0.1, 0.15) is 21.5 Å². The number of likely N-dealkylation sites (N-methyl/N-ethyl adjacent to an activating group) is 1. The number of rotatable bonds is 6. The number of hydrogen-bond donors (Lipinski definition) is 1. The molecule has 0 radical (unpaired) electrons. The molecule has 0 unspecified atom stereocenters. The fourth-order valence-electron chi connectivity index (χ4n) is 2.34. The van der Waals surface area contributed by atoms with Crippen molar-refractivity contribution in [2.45, 2.75) is 13.8 Å². The Balaban J connectivity index is 1.84. The highest BCUT2D eigenvalue weighted by Gasteiger charge is 2.17. The van der Waals surface area contributed by atoms with E-state index in [2.05, 4.69) is 10.4 Å². The highest BCUT2D eigenvalue weighted by Crippen LogP contribution is 2.19. The van der Waals surface area contributed by atoms with Crippen LogP contribution in [0.2, 0.25) is 0 Å². The second kappa shape index (κ2) is 8.28. The number of amides is 2. The van der Waals surface area contributed by atoms with Gasteiger partial charge in [-0.1, -0.05) is 18.2 Å². The van der Waals surface area contributed by atoms with Crippen molar-refractivity contribution in [3.05, 3.63) is 47.3 Å². The van der Waals surface area contributed by atoms with Crippen LogP contribution in [-0.4, -0.2) is 52.7 Å². The summed E-state index contributed by atoms with van der Waals surface area (Å²) in [6.07, 6.45) is 2.85. The van der Waals surface area contributed by atoms with Crippen LogP contribution in [0.3, 0.4) is 0 Å². The van der Waals surface area contributed by atoms with Crippen molar-refractivity contribution in [2.24, 2.45) is 7.05 Å². The van der Waals surface area contributed by atoms with Gasteiger partial charge in [-0.2, -0.15) is 5.10 Å². The third-order valence-corrected chi connectivity index (χ3v) is 3.82. The quantitative estimate of drug-likeness (QED) is 0.786. The number of esters is 1. The van der Waals surface area contributed by atoms with Crippen LogP contribution >= 0.6 is 0 Å². The zero-order valence-corrected chi connectivity index (χ0v) is 15.3. The first kappa shape index (κ1) is 19.2. The van der Waals surface area contributed by atoms with Crippen molar-refractivity contribution in [1.82, 2.24) is 14.7 Å². The number of anilines is 1. The van der Waals surface area contributed by atoms with Gasteiger partial charge < -0.3 is 15.0 Å². The van der Waals surface area contributed by atoms with Crippen LogP contribution in [-0.2, 0) is 21.4 Å². The maximum Gasteiger partial charge on any atom is 0.341 e. The maximum atomic E-state index is 12.2. The van der Waals surface area contributed by atoms with E-state index in [1.807, 2.05) is 32.0 Å². The van der Waals surface area contributed by atoms with Gasteiger partial charge in [-0.25, -0.2) is 4.79 Å². The summed E-state index contributed by atoms with van der Waals surface area (Å²) in [5.74, 6) is -1.43. The molecule has 26 heavy (non-hydrogen) atoms. The molecular weight excluding hydrogens is 336 g/mol. The highest BCUT2D eigenvalue weighted by molar-refractivity contribution is 5.96. The first-order valence-corrected chi connectivity index (χ1v) is 8.03. The van der Waals surface area contributed by atoms with Gasteiger partial charge in [0.2, 0.25) is 5.91 Å². The predicted octanol–water partition coefficient (Wildman–Crippen LogP) is 1.29. The number of benzene rings is 1. The van der Waals surface area contributed by atoms with E-state index in [-0.39, 0.29) is 18.0 Å². The van der Waals surface area contributed by atoms with Crippen molar-refractivity contribution in [2.75, 3.05) is 25.5 Å². The fraction of sp³-hybridized carbons (Fsp3) is 0.333. The van der Waals surface area contributed by atoms with Crippen LogP contribution in [0.15, 0.2) is 30.6 Å². The molecule has 2 rings (SSSR count). The Kier molecular flexibility index (Phi) is 6.11. The summed E-state index contributed by atoms with van der Waals surface area (Å²) in [7, 11) is 3.15. The second-order valence-electron chi connectivity index (χ2n) is 6.04. The molecule has 1 aromatic heterocycles. The van der Waals surface area contributed by atoms with Gasteiger partial charge in [0, 0.05) is 26.0 Å². The van der Waals surface area contributed by atoms with Crippen LogP contribution in [0.4, 0.5) is 5.69 Å². The Hall–Kier alpha value is -3.16. The topological polar surface area (TPSA) is 93.5 Å². The number of ether oxygens (including phenoxy) is 1. The molecule has 0 aliphatic carbocycles. The molecule has 2 amide bonds. The number of hydrogen-bond acceptors (Lipinski definition) is 5. The van der Waals surface area contributed by atoms with Crippen molar-refractivity contribution in [1.29, 1.82) is 0 Å². The van der Waals surface area contributed by atoms with E-state index >= 15 is 0 Å². The molecule has 0 aliphatic rings. The van der Waals surface area contributed by atoms with Crippen LogP contribution in [0.5, 0.6) is 0 Å². The summed E-state index contributed by atoms with van der Waals surface area (Å²) < 4.78 is 6.41. The molecule has 1 heterocycles. The molecule has 0 saturated carbocycles. The molecule has 0 saturated heterocycles.